The standard InChI is InChI=1S/C32H35N2O2S4/c1-5-34-28-20-26(40(35)6-2)12-14-30(28)38-32(34)18-22-8-10-23-9-7-21(15-24(23)16-22)17-31-33(3)27-19-25(39-36-4)11-13-29(27)37-31/h11-20,23H,5-10H2,1-4H3/q+1. The Morgan fingerprint density at radius 3 is 2.77 bits per heavy atom. The van der Waals surface area contributed by atoms with E-state index in [1.165, 1.54) is 72.4 Å². The molecule has 0 spiro atoms. The molecule has 0 amide bonds. The van der Waals surface area contributed by atoms with Crippen LogP contribution in [0.2, 0.25) is 0 Å². The van der Waals surface area contributed by atoms with Crippen LogP contribution in [0.4, 0.5) is 5.69 Å². The van der Waals surface area contributed by atoms with Crippen LogP contribution < -0.4 is 9.47 Å². The molecule has 2 unspecified atom stereocenters. The largest absolute Gasteiger partial charge is 0.335 e. The van der Waals surface area contributed by atoms with Crippen molar-refractivity contribution in [2.45, 2.75) is 54.2 Å². The van der Waals surface area contributed by atoms with Crippen molar-refractivity contribution in [3.05, 3.63) is 81.4 Å². The van der Waals surface area contributed by atoms with Crippen molar-refractivity contribution < 1.29 is 13.0 Å². The Balaban J connectivity index is 1.27. The molecular weight excluding hydrogens is 573 g/mol. The Kier molecular flexibility index (Phi) is 8.43. The number of nitrogens with zero attached hydrogens (tertiary/aromatic N) is 2. The Morgan fingerprint density at radius 2 is 1.98 bits per heavy atom. The van der Waals surface area contributed by atoms with E-state index in [-0.39, 0.29) is 0 Å². The number of aromatic nitrogens is 1. The summed E-state index contributed by atoms with van der Waals surface area (Å²) in [5.41, 5.74) is 6.74. The van der Waals surface area contributed by atoms with Gasteiger partial charge in [0.15, 0.2) is 0 Å². The molecule has 0 fully saturated rings. The molecule has 0 saturated heterocycles. The first kappa shape index (κ1) is 28.0. The van der Waals surface area contributed by atoms with Crippen molar-refractivity contribution in [3.63, 3.8) is 0 Å². The van der Waals surface area contributed by atoms with E-state index in [0.717, 1.165) is 29.2 Å². The maximum atomic E-state index is 12.4. The molecule has 2 heterocycles. The Labute approximate surface area is 252 Å². The highest BCUT2D eigenvalue weighted by Crippen LogP contribution is 2.48. The van der Waals surface area contributed by atoms with Crippen molar-refractivity contribution in [3.8, 4) is 0 Å². The highest BCUT2D eigenvalue weighted by molar-refractivity contribution is 8.03. The third-order valence-corrected chi connectivity index (χ3v) is 12.1. The molecule has 208 valence electrons. The molecule has 3 aliphatic rings. The zero-order valence-electron chi connectivity index (χ0n) is 23.4. The molecule has 0 saturated carbocycles. The van der Waals surface area contributed by atoms with Crippen LogP contribution in [0.5, 0.6) is 0 Å². The molecule has 2 atom stereocenters. The third kappa shape index (κ3) is 5.53. The van der Waals surface area contributed by atoms with E-state index in [0.29, 0.717) is 11.7 Å². The summed E-state index contributed by atoms with van der Waals surface area (Å²) in [7, 11) is 2.94. The van der Waals surface area contributed by atoms with Gasteiger partial charge in [-0.05, 0) is 91.7 Å². The van der Waals surface area contributed by atoms with Gasteiger partial charge in [-0.3, -0.25) is 4.21 Å². The summed E-state index contributed by atoms with van der Waals surface area (Å²) in [5, 5.41) is 2.56. The molecule has 6 rings (SSSR count). The predicted octanol–water partition coefficient (Wildman–Crippen LogP) is 8.42. The second-order valence-electron chi connectivity index (χ2n) is 10.3. The van der Waals surface area contributed by atoms with Gasteiger partial charge in [0.25, 0.3) is 5.01 Å². The first-order chi connectivity index (χ1) is 19.5. The lowest BCUT2D eigenvalue weighted by Crippen LogP contribution is -2.29. The summed E-state index contributed by atoms with van der Waals surface area (Å²) in [5.74, 6) is 1.31. The number of aryl methyl sites for hydroxylation is 1. The minimum Gasteiger partial charge on any atom is -0.335 e. The minimum atomic E-state index is -0.935. The average Bonchev–Trinajstić information content (AvgIpc) is 3.47. The van der Waals surface area contributed by atoms with Gasteiger partial charge in [0, 0.05) is 51.2 Å². The van der Waals surface area contributed by atoms with Gasteiger partial charge >= 0.3 is 0 Å². The predicted molar refractivity (Wildman–Crippen MR) is 172 cm³/mol. The summed E-state index contributed by atoms with van der Waals surface area (Å²) in [6.45, 7) is 5.08. The summed E-state index contributed by atoms with van der Waals surface area (Å²) in [4.78, 5) is 5.68. The normalized spacial score (nSPS) is 21.5. The van der Waals surface area contributed by atoms with Crippen molar-refractivity contribution in [1.29, 1.82) is 0 Å². The maximum Gasteiger partial charge on any atom is 0.262 e. The van der Waals surface area contributed by atoms with Crippen LogP contribution in [-0.2, 0) is 22.0 Å². The smallest absolute Gasteiger partial charge is 0.262 e. The summed E-state index contributed by atoms with van der Waals surface area (Å²) in [6, 6.07) is 12.8. The van der Waals surface area contributed by atoms with E-state index >= 15 is 0 Å². The third-order valence-electron chi connectivity index (χ3n) is 7.92. The van der Waals surface area contributed by atoms with Crippen LogP contribution in [0.15, 0.2) is 91.1 Å². The van der Waals surface area contributed by atoms with Gasteiger partial charge < -0.3 is 9.08 Å². The second-order valence-corrected chi connectivity index (χ2v) is 15.2. The summed E-state index contributed by atoms with van der Waals surface area (Å²) < 4.78 is 21.3. The number of anilines is 1. The van der Waals surface area contributed by atoms with E-state index in [1.54, 1.807) is 7.11 Å². The molecule has 2 aromatic carbocycles. The number of allylic oxidation sites excluding steroid dienone is 6. The molecule has 4 nitrogen and oxygen atoms in total. The molecule has 0 radical (unpaired) electrons. The zero-order valence-corrected chi connectivity index (χ0v) is 26.7. The fraction of sp³-hybridized carbons (Fsp3) is 0.344. The minimum absolute atomic E-state index is 0.649. The highest BCUT2D eigenvalue weighted by Gasteiger charge is 2.27. The monoisotopic (exact) mass is 607 g/mol. The van der Waals surface area contributed by atoms with Crippen molar-refractivity contribution >= 4 is 67.9 Å². The van der Waals surface area contributed by atoms with E-state index in [9.17, 15) is 4.21 Å². The maximum absolute atomic E-state index is 12.4. The van der Waals surface area contributed by atoms with E-state index in [4.69, 9.17) is 4.18 Å². The van der Waals surface area contributed by atoms with E-state index < -0.39 is 10.8 Å². The summed E-state index contributed by atoms with van der Waals surface area (Å²) in [6.07, 6.45) is 14.4. The lowest BCUT2D eigenvalue weighted by atomic mass is 9.77. The number of fused-ring (bicyclic) bond motifs is 3. The molecule has 40 heavy (non-hydrogen) atoms. The number of hydrogen-bond acceptors (Lipinski definition) is 6. The molecular formula is C32H35N2O2S4+. The molecule has 0 N–H and O–H groups in total. The molecule has 1 aliphatic heterocycles. The second kappa shape index (κ2) is 12.0. The molecule has 3 aromatic rings. The van der Waals surface area contributed by atoms with Gasteiger partial charge in [0.2, 0.25) is 5.52 Å². The number of hydrogen-bond donors (Lipinski definition) is 0. The lowest BCUT2D eigenvalue weighted by Gasteiger charge is -2.28. The van der Waals surface area contributed by atoms with Crippen LogP contribution in [-0.4, -0.2) is 23.6 Å². The van der Waals surface area contributed by atoms with Crippen molar-refractivity contribution in [2.24, 2.45) is 13.0 Å². The van der Waals surface area contributed by atoms with Crippen molar-refractivity contribution in [2.75, 3.05) is 24.3 Å². The van der Waals surface area contributed by atoms with Crippen LogP contribution >= 0.6 is 35.1 Å². The Bertz CT molecular complexity index is 1610. The quantitative estimate of drug-likeness (QED) is 0.199. The van der Waals surface area contributed by atoms with Gasteiger partial charge in [0.1, 0.15) is 11.7 Å². The topological polar surface area (TPSA) is 33.4 Å². The van der Waals surface area contributed by atoms with Crippen LogP contribution in [0, 0.1) is 5.92 Å². The van der Waals surface area contributed by atoms with Crippen molar-refractivity contribution in [1.82, 2.24) is 0 Å². The highest BCUT2D eigenvalue weighted by atomic mass is 32.2. The number of benzene rings is 2. The Hall–Kier alpha value is -2.10. The fourth-order valence-electron chi connectivity index (χ4n) is 5.80. The SMILES string of the molecule is CCN1/C(=C/C2=CC3=C/C(=C/c4sc5ccc(SOC)cc5[n+]4C)CCC3CC2)Sc2ccc(S(=O)CC)cc21. The zero-order chi connectivity index (χ0) is 27.8. The average molecular weight is 608 g/mol. The van der Waals surface area contributed by atoms with Gasteiger partial charge in [-0.25, -0.2) is 0 Å². The number of thiazole rings is 1. The van der Waals surface area contributed by atoms with Crippen LogP contribution in [0.3, 0.4) is 0 Å². The van der Waals surface area contributed by atoms with Gasteiger partial charge in [0.05, 0.1) is 28.6 Å². The lowest BCUT2D eigenvalue weighted by molar-refractivity contribution is -0.642. The first-order valence-electron chi connectivity index (χ1n) is 13.9. The first-order valence-corrected chi connectivity index (χ1v) is 17.6. The van der Waals surface area contributed by atoms with Crippen LogP contribution in [0.1, 0.15) is 44.5 Å². The van der Waals surface area contributed by atoms with E-state index in [1.807, 2.05) is 36.1 Å². The van der Waals surface area contributed by atoms with Crippen LogP contribution in [0.25, 0.3) is 16.3 Å². The number of rotatable bonds is 7. The number of thioether (sulfide) groups is 1. The van der Waals surface area contributed by atoms with Gasteiger partial charge in [-0.1, -0.05) is 42.2 Å². The van der Waals surface area contributed by atoms with E-state index in [2.05, 4.69) is 78.1 Å². The van der Waals surface area contributed by atoms with Gasteiger partial charge in [-0.2, -0.15) is 4.57 Å². The fourth-order valence-corrected chi connectivity index (χ4v) is 9.36. The summed E-state index contributed by atoms with van der Waals surface area (Å²) >= 11 is 5.09. The molecule has 1 aromatic heterocycles. The Morgan fingerprint density at radius 1 is 1.12 bits per heavy atom. The molecule has 2 aliphatic carbocycles. The molecule has 8 heteroatoms. The van der Waals surface area contributed by atoms with Gasteiger partial charge in [-0.15, -0.1) is 0 Å². The molecule has 0 bridgehead atoms.